The number of nitrogens with one attached hydrogen (secondary N) is 1. The predicted molar refractivity (Wildman–Crippen MR) is 146 cm³/mol. The van der Waals surface area contributed by atoms with Gasteiger partial charge in [0, 0.05) is 29.0 Å². The van der Waals surface area contributed by atoms with Crippen molar-refractivity contribution in [1.29, 1.82) is 0 Å². The molecule has 1 amide bonds. The van der Waals surface area contributed by atoms with Gasteiger partial charge in [0.2, 0.25) is 15.9 Å². The van der Waals surface area contributed by atoms with Crippen molar-refractivity contribution in [1.82, 2.24) is 4.90 Å². The van der Waals surface area contributed by atoms with Crippen LogP contribution in [0.4, 0.5) is 32.0 Å². The molecule has 1 fully saturated rings. The smallest absolute Gasteiger partial charge is 0.378 e. The van der Waals surface area contributed by atoms with Crippen LogP contribution in [0.2, 0.25) is 0 Å². The summed E-state index contributed by atoms with van der Waals surface area (Å²) in [5.74, 6) is -1.08. The van der Waals surface area contributed by atoms with Crippen molar-refractivity contribution in [3.8, 4) is 0 Å². The molecule has 14 heteroatoms. The third-order valence-corrected chi connectivity index (χ3v) is 8.45. The summed E-state index contributed by atoms with van der Waals surface area (Å²) in [7, 11) is -4.02. The summed E-state index contributed by atoms with van der Waals surface area (Å²) in [6.45, 7) is 0.878. The minimum atomic E-state index is -5.44. The molecular weight excluding hydrogens is 606 g/mol. The Bertz CT molecular complexity index is 1550. The third-order valence-electron chi connectivity index (χ3n) is 6.07. The number of morpholine rings is 1. The van der Waals surface area contributed by atoms with E-state index >= 15 is 0 Å². The molecule has 1 aliphatic rings. The van der Waals surface area contributed by atoms with Gasteiger partial charge in [-0.3, -0.25) is 9.52 Å². The summed E-state index contributed by atoms with van der Waals surface area (Å²) in [4.78, 5) is 12.9. The van der Waals surface area contributed by atoms with Gasteiger partial charge >= 0.3 is 12.4 Å². The highest BCUT2D eigenvalue weighted by molar-refractivity contribution is 7.99. The molecule has 1 saturated heterocycles. The highest BCUT2D eigenvalue weighted by Gasteiger charge is 2.46. The van der Waals surface area contributed by atoms with Crippen molar-refractivity contribution in [2.45, 2.75) is 27.9 Å². The second-order valence-corrected chi connectivity index (χ2v) is 11.9. The second kappa shape index (κ2) is 12.8. The van der Waals surface area contributed by atoms with E-state index in [2.05, 4.69) is 4.72 Å². The Morgan fingerprint density at radius 1 is 0.857 bits per heavy atom. The minimum Gasteiger partial charge on any atom is -0.378 e. The number of sulfonamides is 1. The fourth-order valence-corrected chi connectivity index (χ4v) is 6.57. The number of amides is 1. The lowest BCUT2D eigenvalue weighted by Gasteiger charge is -2.25. The van der Waals surface area contributed by atoms with E-state index in [1.54, 1.807) is 30.3 Å². The van der Waals surface area contributed by atoms with E-state index < -0.39 is 55.6 Å². The summed E-state index contributed by atoms with van der Waals surface area (Å²) in [5, 5.41) is 0. The molecule has 0 aliphatic carbocycles. The molecule has 1 N–H and O–H groups in total. The van der Waals surface area contributed by atoms with Crippen molar-refractivity contribution in [3.63, 3.8) is 0 Å². The lowest BCUT2D eigenvalue weighted by molar-refractivity contribution is -0.163. The number of anilines is 1. The molecule has 0 spiro atoms. The van der Waals surface area contributed by atoms with Gasteiger partial charge in [0.05, 0.1) is 35.8 Å². The molecule has 0 saturated carbocycles. The van der Waals surface area contributed by atoms with Crippen LogP contribution in [0, 0.1) is 0 Å². The van der Waals surface area contributed by atoms with Crippen LogP contribution in [-0.4, -0.2) is 45.5 Å². The van der Waals surface area contributed by atoms with Gasteiger partial charge < -0.3 is 9.64 Å². The molecule has 0 unspecified atom stereocenters. The Hall–Kier alpha value is -3.49. The monoisotopic (exact) mass is 630 g/mol. The fourth-order valence-electron chi connectivity index (χ4n) is 4.22. The Balaban J connectivity index is 1.71. The van der Waals surface area contributed by atoms with Crippen LogP contribution in [0.1, 0.15) is 22.3 Å². The van der Waals surface area contributed by atoms with E-state index in [-0.39, 0.29) is 36.9 Å². The number of carbonyl (C=O) groups is 1. The highest BCUT2D eigenvalue weighted by Crippen LogP contribution is 2.49. The topological polar surface area (TPSA) is 75.7 Å². The van der Waals surface area contributed by atoms with Gasteiger partial charge in [-0.05, 0) is 35.4 Å². The average Bonchev–Trinajstić information content (AvgIpc) is 2.92. The molecule has 6 nitrogen and oxygen atoms in total. The van der Waals surface area contributed by atoms with Gasteiger partial charge in [-0.1, -0.05) is 60.3 Å². The number of hydrogen-bond donors (Lipinski definition) is 1. The molecular formula is C28H24F6N2O4S2. The number of para-hydroxylation sites is 1. The molecule has 0 bridgehead atoms. The fraction of sp³-hybridized carbons (Fsp3) is 0.250. The van der Waals surface area contributed by atoms with Crippen LogP contribution in [0.5, 0.6) is 0 Å². The van der Waals surface area contributed by atoms with Crippen molar-refractivity contribution in [2.75, 3.05) is 31.0 Å². The number of ether oxygens (including phenoxy) is 1. The molecule has 0 aromatic heterocycles. The summed E-state index contributed by atoms with van der Waals surface area (Å²) in [6.07, 6.45) is -9.34. The van der Waals surface area contributed by atoms with Crippen LogP contribution in [0.3, 0.4) is 0 Å². The first-order valence-electron chi connectivity index (χ1n) is 12.4. The molecule has 4 rings (SSSR count). The van der Waals surface area contributed by atoms with E-state index in [9.17, 15) is 39.6 Å². The summed E-state index contributed by atoms with van der Waals surface area (Å²) < 4.78 is 118. The summed E-state index contributed by atoms with van der Waals surface area (Å²) >= 11 is 0.341. The van der Waals surface area contributed by atoms with Gasteiger partial charge in [0.1, 0.15) is 0 Å². The van der Waals surface area contributed by atoms with E-state index in [0.717, 1.165) is 24.3 Å². The van der Waals surface area contributed by atoms with Crippen LogP contribution in [-0.2, 0) is 37.7 Å². The number of carbonyl (C=O) groups excluding carboxylic acids is 1. The van der Waals surface area contributed by atoms with Crippen LogP contribution in [0.25, 0.3) is 6.08 Å². The number of hydrogen-bond acceptors (Lipinski definition) is 5. The van der Waals surface area contributed by atoms with Crippen LogP contribution < -0.4 is 4.72 Å². The number of rotatable bonds is 8. The molecule has 224 valence electrons. The maximum Gasteiger partial charge on any atom is 0.418 e. The zero-order valence-corrected chi connectivity index (χ0v) is 23.3. The summed E-state index contributed by atoms with van der Waals surface area (Å²) in [5.41, 5.74) is -4.37. The third kappa shape index (κ3) is 8.07. The molecule has 42 heavy (non-hydrogen) atoms. The van der Waals surface area contributed by atoms with E-state index in [0.29, 0.717) is 17.3 Å². The zero-order chi connectivity index (χ0) is 30.5. The number of nitrogens with zero attached hydrogens (tertiary/aromatic N) is 1. The van der Waals surface area contributed by atoms with Gasteiger partial charge in [-0.2, -0.15) is 26.3 Å². The Morgan fingerprint density at radius 2 is 1.48 bits per heavy atom. The average molecular weight is 631 g/mol. The largest absolute Gasteiger partial charge is 0.418 e. The number of halogens is 6. The Kier molecular flexibility index (Phi) is 9.58. The SMILES string of the molecule is O=C(/C=C/c1ccc(Sc2ccccc2NS(=O)(=O)Cc2ccccc2)c(C(F)(F)F)c1C(F)(F)F)N1CCOCC1. The Labute approximate surface area is 242 Å². The van der Waals surface area contributed by atoms with Gasteiger partial charge in [-0.25, -0.2) is 8.42 Å². The molecule has 0 radical (unpaired) electrons. The first-order chi connectivity index (χ1) is 19.7. The second-order valence-electron chi connectivity index (χ2n) is 9.11. The number of benzene rings is 3. The molecule has 1 aliphatic heterocycles. The lowest BCUT2D eigenvalue weighted by Crippen LogP contribution is -2.39. The van der Waals surface area contributed by atoms with E-state index in [1.807, 2.05) is 0 Å². The first-order valence-corrected chi connectivity index (χ1v) is 14.9. The first kappa shape index (κ1) is 31.4. The highest BCUT2D eigenvalue weighted by atomic mass is 32.2. The predicted octanol–water partition coefficient (Wildman–Crippen LogP) is 6.69. The molecule has 3 aromatic rings. The summed E-state index contributed by atoms with van der Waals surface area (Å²) in [6, 6.07) is 15.3. The van der Waals surface area contributed by atoms with Crippen molar-refractivity contribution in [3.05, 3.63) is 95.1 Å². The Morgan fingerprint density at radius 3 is 2.12 bits per heavy atom. The minimum absolute atomic E-state index is 0.0430. The maximum absolute atomic E-state index is 14.3. The molecule has 3 aromatic carbocycles. The zero-order valence-electron chi connectivity index (χ0n) is 21.7. The normalized spacial score (nSPS) is 14.8. The van der Waals surface area contributed by atoms with Crippen LogP contribution >= 0.6 is 11.8 Å². The van der Waals surface area contributed by atoms with Crippen molar-refractivity contribution >= 4 is 39.5 Å². The van der Waals surface area contributed by atoms with E-state index in [1.165, 1.54) is 29.2 Å². The van der Waals surface area contributed by atoms with Gasteiger partial charge in [-0.15, -0.1) is 0 Å². The van der Waals surface area contributed by atoms with Crippen molar-refractivity contribution in [2.24, 2.45) is 0 Å². The maximum atomic E-state index is 14.3. The molecule has 0 atom stereocenters. The van der Waals surface area contributed by atoms with Gasteiger partial charge in [0.15, 0.2) is 0 Å². The molecule has 1 heterocycles. The van der Waals surface area contributed by atoms with Crippen molar-refractivity contribution < 1.29 is 44.3 Å². The van der Waals surface area contributed by atoms with Gasteiger partial charge in [0.25, 0.3) is 0 Å². The quantitative estimate of drug-likeness (QED) is 0.222. The number of alkyl halides is 6. The standard InChI is InChI=1S/C28H24F6N2O4S2/c29-27(30,31)25-20(11-13-24(37)36-14-16-40-17-15-36)10-12-23(26(25)28(32,33)34)41-22-9-5-4-8-21(22)35-42(38,39)18-19-6-2-1-3-7-19/h1-13,35H,14-18H2/b13-11+. The van der Waals surface area contributed by atoms with Crippen LogP contribution in [0.15, 0.2) is 82.6 Å². The van der Waals surface area contributed by atoms with E-state index in [4.69, 9.17) is 4.74 Å². The lowest BCUT2D eigenvalue weighted by atomic mass is 9.99.